The third-order valence-corrected chi connectivity index (χ3v) is 2.24. The van der Waals surface area contributed by atoms with Crippen molar-refractivity contribution in [2.24, 2.45) is 0 Å². The van der Waals surface area contributed by atoms with E-state index in [9.17, 15) is 18.8 Å². The van der Waals surface area contributed by atoms with E-state index in [0.29, 0.717) is 10.8 Å². The molecule has 0 atom stereocenters. The van der Waals surface area contributed by atoms with Crippen LogP contribution in [0.2, 0.25) is 0 Å². The summed E-state index contributed by atoms with van der Waals surface area (Å²) in [6, 6.07) is 2.98. The summed E-state index contributed by atoms with van der Waals surface area (Å²) in [4.78, 5) is 39.8. The lowest BCUT2D eigenvalue weighted by Crippen LogP contribution is -2.37. The lowest BCUT2D eigenvalue weighted by atomic mass is 10.3. The molecule has 0 aliphatic heterocycles. The molecular weight excluding hydrogens is 257 g/mol. The molecule has 0 radical (unpaired) electrons. The average molecular weight is 265 g/mol. The van der Waals surface area contributed by atoms with Crippen LogP contribution in [-0.4, -0.2) is 20.5 Å². The van der Waals surface area contributed by atoms with Crippen molar-refractivity contribution in [2.75, 3.05) is 0 Å². The zero-order valence-corrected chi connectivity index (χ0v) is 9.50. The molecule has 8 heteroatoms. The predicted molar refractivity (Wildman–Crippen MR) is 60.9 cm³/mol. The van der Waals surface area contributed by atoms with E-state index in [-0.39, 0.29) is 5.56 Å². The van der Waals surface area contributed by atoms with Crippen LogP contribution in [0.5, 0.6) is 0 Å². The zero-order valence-electron chi connectivity index (χ0n) is 9.50. The van der Waals surface area contributed by atoms with E-state index in [1.165, 1.54) is 24.5 Å². The minimum absolute atomic E-state index is 0.156. The largest absolute Gasteiger partial charge is 0.440 e. The molecule has 0 aliphatic rings. The van der Waals surface area contributed by atoms with Gasteiger partial charge in [0, 0.05) is 18.6 Å². The van der Waals surface area contributed by atoms with Gasteiger partial charge in [-0.25, -0.2) is 14.2 Å². The minimum atomic E-state index is -1.16. The van der Waals surface area contributed by atoms with Crippen molar-refractivity contribution in [1.82, 2.24) is 14.5 Å². The van der Waals surface area contributed by atoms with Gasteiger partial charge in [0.05, 0.1) is 5.56 Å². The zero-order chi connectivity index (χ0) is 13.8. The number of hydrogen-bond acceptors (Lipinski definition) is 5. The van der Waals surface area contributed by atoms with Gasteiger partial charge in [-0.15, -0.1) is 0 Å². The lowest BCUT2D eigenvalue weighted by Gasteiger charge is -2.05. The molecule has 0 aliphatic carbocycles. The van der Waals surface area contributed by atoms with E-state index in [0.717, 1.165) is 0 Å². The number of carbonyl (C=O) groups is 1. The van der Waals surface area contributed by atoms with Gasteiger partial charge >= 0.3 is 11.7 Å². The molecule has 2 rings (SSSR count). The molecule has 2 aromatic heterocycles. The van der Waals surface area contributed by atoms with Gasteiger partial charge in [-0.1, -0.05) is 0 Å². The molecule has 0 unspecified atom stereocenters. The van der Waals surface area contributed by atoms with Gasteiger partial charge < -0.3 is 9.72 Å². The van der Waals surface area contributed by atoms with E-state index < -0.39 is 29.8 Å². The number of esters is 1. The molecule has 0 spiro atoms. The number of ether oxygens (including phenoxy) is 1. The molecule has 0 amide bonds. The number of pyridine rings is 1. The number of rotatable bonds is 3. The number of hydrogen-bond donors (Lipinski definition) is 1. The van der Waals surface area contributed by atoms with Crippen molar-refractivity contribution < 1.29 is 13.9 Å². The summed E-state index contributed by atoms with van der Waals surface area (Å²) in [6.07, 6.45) is 3.38. The Kier molecular flexibility index (Phi) is 3.51. The van der Waals surface area contributed by atoms with E-state index in [1.807, 2.05) is 4.98 Å². The van der Waals surface area contributed by atoms with Crippen LogP contribution in [0.4, 0.5) is 4.39 Å². The van der Waals surface area contributed by atoms with Crippen molar-refractivity contribution >= 4 is 5.97 Å². The van der Waals surface area contributed by atoms with Crippen LogP contribution in [-0.2, 0) is 11.5 Å². The number of nitrogens with zero attached hydrogens (tertiary/aromatic N) is 2. The third kappa shape index (κ3) is 2.73. The van der Waals surface area contributed by atoms with Gasteiger partial charge in [0.15, 0.2) is 6.73 Å². The fraction of sp³-hybridized carbons (Fsp3) is 0.0909. The maximum absolute atomic E-state index is 13.0. The quantitative estimate of drug-likeness (QED) is 0.781. The number of halogens is 1. The Hall–Kier alpha value is -2.77. The van der Waals surface area contributed by atoms with E-state index in [4.69, 9.17) is 4.74 Å². The Labute approximate surface area is 105 Å². The van der Waals surface area contributed by atoms with Crippen LogP contribution in [0.25, 0.3) is 0 Å². The molecule has 0 saturated carbocycles. The number of carbonyl (C=O) groups excluding carboxylic acids is 1. The van der Waals surface area contributed by atoms with Crippen LogP contribution in [0, 0.1) is 5.82 Å². The van der Waals surface area contributed by atoms with Crippen LogP contribution in [0.15, 0.2) is 40.3 Å². The molecule has 0 fully saturated rings. The summed E-state index contributed by atoms with van der Waals surface area (Å²) in [5, 5.41) is 0. The summed E-state index contributed by atoms with van der Waals surface area (Å²) in [5.41, 5.74) is -1.88. The molecule has 19 heavy (non-hydrogen) atoms. The van der Waals surface area contributed by atoms with E-state index in [1.54, 1.807) is 0 Å². The summed E-state index contributed by atoms with van der Waals surface area (Å²) in [7, 11) is 0. The van der Waals surface area contributed by atoms with Crippen molar-refractivity contribution in [1.29, 1.82) is 0 Å². The standard InChI is InChI=1S/C11H8FN3O4/c12-8-5-14-11(18)15(9(8)16)6-19-10(17)7-2-1-3-13-4-7/h1-5H,6H2,(H,14,18). The molecular formula is C11H8FN3O4. The van der Waals surface area contributed by atoms with E-state index in [2.05, 4.69) is 4.98 Å². The highest BCUT2D eigenvalue weighted by atomic mass is 19.1. The number of aromatic amines is 1. The van der Waals surface area contributed by atoms with Crippen LogP contribution in [0.3, 0.4) is 0 Å². The molecule has 7 nitrogen and oxygen atoms in total. The summed E-state index contributed by atoms with van der Waals surface area (Å²) < 4.78 is 18.1. The Morgan fingerprint density at radius 2 is 2.26 bits per heavy atom. The van der Waals surface area contributed by atoms with Gasteiger partial charge in [0.2, 0.25) is 5.82 Å². The first-order valence-electron chi connectivity index (χ1n) is 5.15. The average Bonchev–Trinajstić information content (AvgIpc) is 2.44. The summed E-state index contributed by atoms with van der Waals surface area (Å²) in [6.45, 7) is -0.681. The smallest absolute Gasteiger partial charge is 0.341 e. The third-order valence-electron chi connectivity index (χ3n) is 2.24. The molecule has 2 aromatic rings. The second kappa shape index (κ2) is 5.25. The van der Waals surface area contributed by atoms with E-state index >= 15 is 0 Å². The Morgan fingerprint density at radius 1 is 1.47 bits per heavy atom. The van der Waals surface area contributed by atoms with Gasteiger partial charge in [0.1, 0.15) is 0 Å². The first-order valence-corrected chi connectivity index (χ1v) is 5.15. The van der Waals surface area contributed by atoms with Gasteiger partial charge in [0.25, 0.3) is 5.56 Å². The van der Waals surface area contributed by atoms with Crippen LogP contribution < -0.4 is 11.2 Å². The highest BCUT2D eigenvalue weighted by molar-refractivity contribution is 5.88. The monoisotopic (exact) mass is 265 g/mol. The maximum Gasteiger partial charge on any atom is 0.341 e. The molecule has 98 valence electrons. The van der Waals surface area contributed by atoms with Crippen LogP contribution >= 0.6 is 0 Å². The Bertz CT molecular complexity index is 708. The van der Waals surface area contributed by atoms with Gasteiger partial charge in [-0.3, -0.25) is 9.78 Å². The Morgan fingerprint density at radius 3 is 2.95 bits per heavy atom. The molecule has 0 aromatic carbocycles. The van der Waals surface area contributed by atoms with Crippen molar-refractivity contribution in [3.63, 3.8) is 0 Å². The highest BCUT2D eigenvalue weighted by Gasteiger charge is 2.11. The number of H-pyrrole nitrogens is 1. The summed E-state index contributed by atoms with van der Waals surface area (Å²) in [5.74, 6) is -1.92. The van der Waals surface area contributed by atoms with Crippen molar-refractivity contribution in [3.8, 4) is 0 Å². The second-order valence-electron chi connectivity index (χ2n) is 3.48. The SMILES string of the molecule is O=C(OCn1c(=O)[nH]cc(F)c1=O)c1cccnc1. The normalized spacial score (nSPS) is 10.2. The van der Waals surface area contributed by atoms with Crippen molar-refractivity contribution in [2.45, 2.75) is 6.73 Å². The molecule has 0 saturated heterocycles. The predicted octanol–water partition coefficient (Wildman–Crippen LogP) is -0.115. The van der Waals surface area contributed by atoms with Gasteiger partial charge in [-0.05, 0) is 12.1 Å². The molecule has 1 N–H and O–H groups in total. The first-order chi connectivity index (χ1) is 9.09. The van der Waals surface area contributed by atoms with Crippen LogP contribution in [0.1, 0.15) is 10.4 Å². The number of aromatic nitrogens is 3. The fourth-order valence-corrected chi connectivity index (χ4v) is 1.29. The molecule has 0 bridgehead atoms. The lowest BCUT2D eigenvalue weighted by molar-refractivity contribution is 0.0355. The minimum Gasteiger partial charge on any atom is -0.440 e. The Balaban J connectivity index is 2.17. The number of nitrogens with one attached hydrogen (secondary N) is 1. The topological polar surface area (TPSA) is 94.0 Å². The van der Waals surface area contributed by atoms with Crippen molar-refractivity contribution in [3.05, 3.63) is 62.9 Å². The summed E-state index contributed by atoms with van der Waals surface area (Å²) >= 11 is 0. The second-order valence-corrected chi connectivity index (χ2v) is 3.48. The molecule has 2 heterocycles. The maximum atomic E-state index is 13.0. The van der Waals surface area contributed by atoms with Gasteiger partial charge in [-0.2, -0.15) is 4.39 Å². The fourth-order valence-electron chi connectivity index (χ4n) is 1.29. The first kappa shape index (κ1) is 12.7. The highest BCUT2D eigenvalue weighted by Crippen LogP contribution is 1.98.